The molecule has 9 heteroatoms. The highest BCUT2D eigenvalue weighted by Gasteiger charge is 2.12. The van der Waals surface area contributed by atoms with Crippen molar-refractivity contribution in [3.05, 3.63) is 52.9 Å². The summed E-state index contributed by atoms with van der Waals surface area (Å²) in [5.74, 6) is -0.495. The Morgan fingerprint density at radius 2 is 2.00 bits per heavy atom. The van der Waals surface area contributed by atoms with Gasteiger partial charge < -0.3 is 19.2 Å². The zero-order chi connectivity index (χ0) is 18.9. The van der Waals surface area contributed by atoms with E-state index in [4.69, 9.17) is 25.5 Å². The minimum absolute atomic E-state index is 0.125. The summed E-state index contributed by atoms with van der Waals surface area (Å²) >= 11 is 5.83. The van der Waals surface area contributed by atoms with Gasteiger partial charge in [0.15, 0.2) is 13.2 Å². The second-order valence-corrected chi connectivity index (χ2v) is 5.61. The number of halogens is 1. The van der Waals surface area contributed by atoms with Crippen LogP contribution in [0.3, 0.4) is 0 Å². The molecular weight excluding hydrogens is 364 g/mol. The lowest BCUT2D eigenvalue weighted by Crippen LogP contribution is -2.41. The van der Waals surface area contributed by atoms with Crippen LogP contribution in [-0.4, -0.2) is 31.1 Å². The minimum atomic E-state index is -0.766. The molecule has 1 aromatic heterocycles. The zero-order valence-electron chi connectivity index (χ0n) is 13.9. The lowest BCUT2D eigenvalue weighted by Gasteiger charge is -2.09. The molecular formula is C17H17ClN2O6. The number of furan rings is 1. The van der Waals surface area contributed by atoms with E-state index in [1.807, 2.05) is 5.32 Å². The summed E-state index contributed by atoms with van der Waals surface area (Å²) in [6.45, 7) is 0.928. The van der Waals surface area contributed by atoms with Gasteiger partial charge in [0, 0.05) is 5.02 Å². The summed E-state index contributed by atoms with van der Waals surface area (Å²) in [5, 5.41) is 5.00. The maximum atomic E-state index is 11.6. The number of imide groups is 1. The fraction of sp³-hybridized carbons (Fsp3) is 0.235. The number of hydrogen-bond acceptors (Lipinski definition) is 6. The number of urea groups is 1. The van der Waals surface area contributed by atoms with E-state index in [0.717, 1.165) is 5.56 Å². The van der Waals surface area contributed by atoms with Crippen LogP contribution in [-0.2, 0) is 20.9 Å². The second-order valence-electron chi connectivity index (χ2n) is 5.17. The molecule has 2 rings (SSSR count). The first-order chi connectivity index (χ1) is 12.4. The van der Waals surface area contributed by atoms with Crippen molar-refractivity contribution >= 4 is 29.5 Å². The molecule has 1 heterocycles. The predicted octanol–water partition coefficient (Wildman–Crippen LogP) is 2.19. The first-order valence-corrected chi connectivity index (χ1v) is 7.96. The molecule has 8 nitrogen and oxygen atoms in total. The lowest BCUT2D eigenvalue weighted by atomic mass is 10.2. The standard InChI is InChI=1S/C17H17ClN2O6/c1-11-7-12(18)4-5-14(11)25-10-16(22)26-9-15(21)20-17(23)19-8-13-3-2-6-24-13/h2-7H,8-10H2,1H3,(H2,19,20,21,23). The van der Waals surface area contributed by atoms with Crippen LogP contribution in [0.1, 0.15) is 11.3 Å². The SMILES string of the molecule is Cc1cc(Cl)ccc1OCC(=O)OCC(=O)NC(=O)NCc1ccco1. The van der Waals surface area contributed by atoms with Gasteiger partial charge in [0.2, 0.25) is 0 Å². The Bertz CT molecular complexity index is 776. The summed E-state index contributed by atoms with van der Waals surface area (Å²) in [5.41, 5.74) is 0.760. The van der Waals surface area contributed by atoms with Gasteiger partial charge in [0.05, 0.1) is 12.8 Å². The number of ether oxygens (including phenoxy) is 2. The zero-order valence-corrected chi connectivity index (χ0v) is 14.7. The molecule has 0 aliphatic rings. The highest BCUT2D eigenvalue weighted by Crippen LogP contribution is 2.21. The minimum Gasteiger partial charge on any atom is -0.482 e. The maximum absolute atomic E-state index is 11.6. The average Bonchev–Trinajstić information content (AvgIpc) is 3.11. The number of carbonyl (C=O) groups is 3. The molecule has 2 aromatic rings. The molecule has 0 atom stereocenters. The Morgan fingerprint density at radius 3 is 2.69 bits per heavy atom. The van der Waals surface area contributed by atoms with Crippen LogP contribution in [0, 0.1) is 6.92 Å². The van der Waals surface area contributed by atoms with Crippen LogP contribution in [0.2, 0.25) is 5.02 Å². The quantitative estimate of drug-likeness (QED) is 0.713. The summed E-state index contributed by atoms with van der Waals surface area (Å²) in [4.78, 5) is 34.7. The highest BCUT2D eigenvalue weighted by molar-refractivity contribution is 6.30. The summed E-state index contributed by atoms with van der Waals surface area (Å²) in [6, 6.07) is 7.57. The van der Waals surface area contributed by atoms with Crippen molar-refractivity contribution in [1.82, 2.24) is 10.6 Å². The third-order valence-corrected chi connectivity index (χ3v) is 3.34. The monoisotopic (exact) mass is 380 g/mol. The fourth-order valence-electron chi connectivity index (χ4n) is 1.89. The number of benzene rings is 1. The second kappa shape index (κ2) is 9.47. The van der Waals surface area contributed by atoms with Gasteiger partial charge in [-0.1, -0.05) is 11.6 Å². The van der Waals surface area contributed by atoms with Gasteiger partial charge >= 0.3 is 12.0 Å². The van der Waals surface area contributed by atoms with Gasteiger partial charge in [0.25, 0.3) is 5.91 Å². The van der Waals surface area contributed by atoms with Gasteiger partial charge in [0.1, 0.15) is 11.5 Å². The van der Waals surface area contributed by atoms with E-state index in [9.17, 15) is 14.4 Å². The predicted molar refractivity (Wildman–Crippen MR) is 91.7 cm³/mol. The first kappa shape index (κ1) is 19.3. The maximum Gasteiger partial charge on any atom is 0.344 e. The Balaban J connectivity index is 1.64. The average molecular weight is 381 g/mol. The van der Waals surface area contributed by atoms with Gasteiger partial charge in [-0.3, -0.25) is 10.1 Å². The van der Waals surface area contributed by atoms with Crippen molar-refractivity contribution in [3.8, 4) is 5.75 Å². The molecule has 0 radical (unpaired) electrons. The molecule has 138 valence electrons. The fourth-order valence-corrected chi connectivity index (χ4v) is 2.11. The van der Waals surface area contributed by atoms with Crippen LogP contribution >= 0.6 is 11.6 Å². The molecule has 0 fully saturated rings. The first-order valence-electron chi connectivity index (χ1n) is 7.58. The molecule has 0 spiro atoms. The van der Waals surface area contributed by atoms with E-state index < -0.39 is 24.5 Å². The van der Waals surface area contributed by atoms with Crippen molar-refractivity contribution < 1.29 is 28.3 Å². The number of amides is 3. The van der Waals surface area contributed by atoms with E-state index in [-0.39, 0.29) is 13.2 Å². The molecule has 0 aliphatic carbocycles. The molecule has 0 bridgehead atoms. The Hall–Kier alpha value is -3.00. The topological polar surface area (TPSA) is 107 Å². The van der Waals surface area contributed by atoms with E-state index in [1.54, 1.807) is 37.3 Å². The van der Waals surface area contributed by atoms with E-state index >= 15 is 0 Å². The van der Waals surface area contributed by atoms with E-state index in [2.05, 4.69) is 5.32 Å². The van der Waals surface area contributed by atoms with Crippen molar-refractivity contribution in [2.45, 2.75) is 13.5 Å². The smallest absolute Gasteiger partial charge is 0.344 e. The molecule has 0 saturated carbocycles. The molecule has 0 saturated heterocycles. The van der Waals surface area contributed by atoms with Crippen LogP contribution in [0.4, 0.5) is 4.79 Å². The van der Waals surface area contributed by atoms with E-state index in [1.165, 1.54) is 6.26 Å². The number of esters is 1. The molecule has 2 N–H and O–H groups in total. The van der Waals surface area contributed by atoms with Crippen LogP contribution < -0.4 is 15.4 Å². The molecule has 0 unspecified atom stereocenters. The number of carbonyl (C=O) groups excluding carboxylic acids is 3. The Labute approximate surface area is 154 Å². The number of aryl methyl sites for hydroxylation is 1. The van der Waals surface area contributed by atoms with Crippen LogP contribution in [0.25, 0.3) is 0 Å². The summed E-state index contributed by atoms with van der Waals surface area (Å²) in [7, 11) is 0. The normalized spacial score (nSPS) is 10.1. The van der Waals surface area contributed by atoms with Gasteiger partial charge in [-0.15, -0.1) is 0 Å². The molecule has 26 heavy (non-hydrogen) atoms. The van der Waals surface area contributed by atoms with Gasteiger partial charge in [-0.2, -0.15) is 0 Å². The van der Waals surface area contributed by atoms with Crippen LogP contribution in [0.15, 0.2) is 41.0 Å². The van der Waals surface area contributed by atoms with Crippen molar-refractivity contribution in [2.75, 3.05) is 13.2 Å². The third kappa shape index (κ3) is 6.48. The lowest BCUT2D eigenvalue weighted by molar-refractivity contribution is -0.150. The number of hydrogen-bond donors (Lipinski definition) is 2. The third-order valence-electron chi connectivity index (χ3n) is 3.10. The number of nitrogens with one attached hydrogen (secondary N) is 2. The van der Waals surface area contributed by atoms with E-state index in [0.29, 0.717) is 16.5 Å². The van der Waals surface area contributed by atoms with Gasteiger partial charge in [-0.05, 0) is 42.8 Å². The van der Waals surface area contributed by atoms with Crippen molar-refractivity contribution in [2.24, 2.45) is 0 Å². The van der Waals surface area contributed by atoms with Crippen molar-refractivity contribution in [1.29, 1.82) is 0 Å². The molecule has 1 aromatic carbocycles. The largest absolute Gasteiger partial charge is 0.482 e. The Kier molecular flexibility index (Phi) is 7.04. The summed E-state index contributed by atoms with van der Waals surface area (Å²) < 4.78 is 15.1. The highest BCUT2D eigenvalue weighted by atomic mass is 35.5. The molecule has 3 amide bonds. The molecule has 0 aliphatic heterocycles. The van der Waals surface area contributed by atoms with Crippen molar-refractivity contribution in [3.63, 3.8) is 0 Å². The van der Waals surface area contributed by atoms with Gasteiger partial charge in [-0.25, -0.2) is 9.59 Å². The Morgan fingerprint density at radius 1 is 1.19 bits per heavy atom. The van der Waals surface area contributed by atoms with Crippen LogP contribution in [0.5, 0.6) is 5.75 Å². The number of rotatable bonds is 7. The summed E-state index contributed by atoms with van der Waals surface area (Å²) in [6.07, 6.45) is 1.47.